The minimum absolute atomic E-state index is 0.232. The second-order valence-electron chi connectivity index (χ2n) is 6.89. The zero-order valence-electron chi connectivity index (χ0n) is 15.4. The van der Waals surface area contributed by atoms with E-state index in [0.29, 0.717) is 11.5 Å². The first-order valence-corrected chi connectivity index (χ1v) is 10.3. The first kappa shape index (κ1) is 18.0. The lowest BCUT2D eigenvalue weighted by Crippen LogP contribution is -2.12. The number of para-hydroxylation sites is 1. The molecule has 0 saturated carbocycles. The standard InChI is InChI=1S/C22H23NO3S/c1-2-15-7-8-20-16(13-15)14-21(27-20)22(24)26-12-11-25-19-9-10-23-18-6-4-3-5-17(18)19/h3-6,9-10,14-15H,2,7-8,11-13H2,1H3. The van der Waals surface area contributed by atoms with E-state index in [1.165, 1.54) is 23.3 Å². The molecule has 5 heteroatoms. The van der Waals surface area contributed by atoms with Crippen molar-refractivity contribution in [3.8, 4) is 5.75 Å². The van der Waals surface area contributed by atoms with Gasteiger partial charge < -0.3 is 9.47 Å². The quantitative estimate of drug-likeness (QED) is 0.443. The van der Waals surface area contributed by atoms with Gasteiger partial charge in [0.25, 0.3) is 0 Å². The number of hydrogen-bond acceptors (Lipinski definition) is 5. The number of carbonyl (C=O) groups excluding carboxylic acids is 1. The summed E-state index contributed by atoms with van der Waals surface area (Å²) in [6, 6.07) is 11.7. The zero-order chi connectivity index (χ0) is 18.6. The van der Waals surface area contributed by atoms with Crippen molar-refractivity contribution in [3.05, 3.63) is 57.9 Å². The van der Waals surface area contributed by atoms with E-state index in [4.69, 9.17) is 9.47 Å². The number of fused-ring (bicyclic) bond motifs is 2. The summed E-state index contributed by atoms with van der Waals surface area (Å²) in [4.78, 5) is 18.7. The number of benzene rings is 1. The Kier molecular flexibility index (Phi) is 5.39. The monoisotopic (exact) mass is 381 g/mol. The fraction of sp³-hybridized carbons (Fsp3) is 0.364. The molecule has 0 N–H and O–H groups in total. The van der Waals surface area contributed by atoms with Crippen LogP contribution >= 0.6 is 11.3 Å². The number of esters is 1. The van der Waals surface area contributed by atoms with Crippen molar-refractivity contribution >= 4 is 28.2 Å². The van der Waals surface area contributed by atoms with Crippen molar-refractivity contribution in [1.29, 1.82) is 0 Å². The van der Waals surface area contributed by atoms with Gasteiger partial charge in [0.15, 0.2) is 0 Å². The van der Waals surface area contributed by atoms with Gasteiger partial charge in [-0.25, -0.2) is 4.79 Å². The largest absolute Gasteiger partial charge is 0.489 e. The summed E-state index contributed by atoms with van der Waals surface area (Å²) >= 11 is 1.59. The van der Waals surface area contributed by atoms with Crippen LogP contribution in [0, 0.1) is 5.92 Å². The van der Waals surface area contributed by atoms with E-state index >= 15 is 0 Å². The number of nitrogens with zero attached hydrogens (tertiary/aromatic N) is 1. The van der Waals surface area contributed by atoms with E-state index in [0.717, 1.165) is 35.4 Å². The van der Waals surface area contributed by atoms with E-state index in [9.17, 15) is 4.79 Å². The molecule has 27 heavy (non-hydrogen) atoms. The van der Waals surface area contributed by atoms with Crippen LogP contribution in [0.15, 0.2) is 42.6 Å². The van der Waals surface area contributed by atoms with Crippen LogP contribution in [-0.2, 0) is 17.6 Å². The van der Waals surface area contributed by atoms with Gasteiger partial charge in [0.05, 0.1) is 5.52 Å². The van der Waals surface area contributed by atoms with E-state index in [2.05, 4.69) is 11.9 Å². The third-order valence-corrected chi connectivity index (χ3v) is 6.36. The fourth-order valence-corrected chi connectivity index (χ4v) is 4.70. The summed E-state index contributed by atoms with van der Waals surface area (Å²) in [7, 11) is 0. The Morgan fingerprint density at radius 3 is 3.04 bits per heavy atom. The highest BCUT2D eigenvalue weighted by molar-refractivity contribution is 7.14. The molecule has 1 aromatic carbocycles. The lowest BCUT2D eigenvalue weighted by atomic mass is 9.87. The first-order chi connectivity index (χ1) is 13.2. The third-order valence-electron chi connectivity index (χ3n) is 5.15. The van der Waals surface area contributed by atoms with Crippen molar-refractivity contribution in [2.24, 2.45) is 5.92 Å². The predicted molar refractivity (Wildman–Crippen MR) is 108 cm³/mol. The summed E-state index contributed by atoms with van der Waals surface area (Å²) in [5, 5.41) is 0.961. The minimum Gasteiger partial charge on any atom is -0.489 e. The van der Waals surface area contributed by atoms with Gasteiger partial charge >= 0.3 is 5.97 Å². The number of hydrogen-bond donors (Lipinski definition) is 0. The van der Waals surface area contributed by atoms with Crippen molar-refractivity contribution in [2.45, 2.75) is 32.6 Å². The van der Waals surface area contributed by atoms with Gasteiger partial charge in [-0.1, -0.05) is 25.5 Å². The second-order valence-corrected chi connectivity index (χ2v) is 8.02. The van der Waals surface area contributed by atoms with Gasteiger partial charge in [0.2, 0.25) is 0 Å². The van der Waals surface area contributed by atoms with E-state index < -0.39 is 0 Å². The lowest BCUT2D eigenvalue weighted by Gasteiger charge is -2.19. The normalized spacial score (nSPS) is 16.1. The topological polar surface area (TPSA) is 48.4 Å². The Hall–Kier alpha value is -2.40. The van der Waals surface area contributed by atoms with Crippen LogP contribution < -0.4 is 4.74 Å². The molecule has 0 spiro atoms. The highest BCUT2D eigenvalue weighted by Gasteiger charge is 2.22. The number of carbonyl (C=O) groups is 1. The molecule has 2 aromatic heterocycles. The number of ether oxygens (including phenoxy) is 2. The first-order valence-electron chi connectivity index (χ1n) is 9.50. The number of thiophene rings is 1. The van der Waals surface area contributed by atoms with Crippen LogP contribution in [-0.4, -0.2) is 24.2 Å². The fourth-order valence-electron chi connectivity index (χ4n) is 3.60. The Bertz CT molecular complexity index is 944. The average Bonchev–Trinajstić information content (AvgIpc) is 3.14. The Morgan fingerprint density at radius 2 is 2.15 bits per heavy atom. The minimum atomic E-state index is -0.245. The summed E-state index contributed by atoms with van der Waals surface area (Å²) in [6.45, 7) is 2.79. The van der Waals surface area contributed by atoms with Crippen LogP contribution in [0.4, 0.5) is 0 Å². The maximum absolute atomic E-state index is 12.4. The zero-order valence-corrected chi connectivity index (χ0v) is 16.3. The van der Waals surface area contributed by atoms with Crippen LogP contribution in [0.3, 0.4) is 0 Å². The molecule has 0 aliphatic heterocycles. The molecule has 3 aromatic rings. The molecule has 0 radical (unpaired) electrons. The molecular formula is C22H23NO3S. The number of rotatable bonds is 6. The van der Waals surface area contributed by atoms with Gasteiger partial charge in [0, 0.05) is 16.5 Å². The van der Waals surface area contributed by atoms with Crippen molar-refractivity contribution in [1.82, 2.24) is 4.98 Å². The molecule has 140 valence electrons. The molecule has 0 bridgehead atoms. The number of pyridine rings is 1. The summed E-state index contributed by atoms with van der Waals surface area (Å²) in [6.07, 6.45) is 6.34. The van der Waals surface area contributed by atoms with Gasteiger partial charge in [-0.2, -0.15) is 0 Å². The molecule has 1 atom stereocenters. The molecule has 1 aliphatic carbocycles. The summed E-state index contributed by atoms with van der Waals surface area (Å²) in [5.41, 5.74) is 2.23. The molecule has 0 saturated heterocycles. The van der Waals surface area contributed by atoms with Gasteiger partial charge in [-0.3, -0.25) is 4.98 Å². The maximum Gasteiger partial charge on any atom is 0.348 e. The van der Waals surface area contributed by atoms with Crippen molar-refractivity contribution < 1.29 is 14.3 Å². The SMILES string of the molecule is CCC1CCc2sc(C(=O)OCCOc3ccnc4ccccc34)cc2C1. The molecule has 0 fully saturated rings. The smallest absolute Gasteiger partial charge is 0.348 e. The average molecular weight is 381 g/mol. The molecule has 4 nitrogen and oxygen atoms in total. The molecule has 4 rings (SSSR count). The van der Waals surface area contributed by atoms with Gasteiger partial charge in [-0.15, -0.1) is 11.3 Å². The van der Waals surface area contributed by atoms with Crippen molar-refractivity contribution in [2.75, 3.05) is 13.2 Å². The Morgan fingerprint density at radius 1 is 1.26 bits per heavy atom. The highest BCUT2D eigenvalue weighted by atomic mass is 32.1. The summed E-state index contributed by atoms with van der Waals surface area (Å²) < 4.78 is 11.2. The van der Waals surface area contributed by atoms with Crippen molar-refractivity contribution in [3.63, 3.8) is 0 Å². The Labute approximate surface area is 163 Å². The predicted octanol–water partition coefficient (Wildman–Crippen LogP) is 5.05. The second kappa shape index (κ2) is 8.09. The summed E-state index contributed by atoms with van der Waals surface area (Å²) in [5.74, 6) is 1.26. The highest BCUT2D eigenvalue weighted by Crippen LogP contribution is 2.33. The number of aryl methyl sites for hydroxylation is 1. The van der Waals surface area contributed by atoms with Crippen LogP contribution in [0.1, 0.15) is 39.9 Å². The lowest BCUT2D eigenvalue weighted by molar-refractivity contribution is 0.0457. The molecule has 1 aliphatic rings. The molecular weight excluding hydrogens is 358 g/mol. The van der Waals surface area contributed by atoms with Crippen LogP contribution in [0.5, 0.6) is 5.75 Å². The molecule has 1 unspecified atom stereocenters. The van der Waals surface area contributed by atoms with Crippen LogP contribution in [0.25, 0.3) is 10.9 Å². The third kappa shape index (κ3) is 3.98. The molecule has 2 heterocycles. The van der Waals surface area contributed by atoms with Gasteiger partial charge in [0.1, 0.15) is 23.8 Å². The number of aromatic nitrogens is 1. The van der Waals surface area contributed by atoms with Crippen LogP contribution in [0.2, 0.25) is 0 Å². The maximum atomic E-state index is 12.4. The van der Waals surface area contributed by atoms with E-state index in [1.54, 1.807) is 17.5 Å². The van der Waals surface area contributed by atoms with E-state index in [1.807, 2.05) is 36.4 Å². The van der Waals surface area contributed by atoms with Gasteiger partial charge in [-0.05, 0) is 55.0 Å². The Balaban J connectivity index is 1.32. The molecule has 0 amide bonds. The van der Waals surface area contributed by atoms with E-state index in [-0.39, 0.29) is 12.6 Å².